The Kier molecular flexibility index (Phi) is 2.85. The number of hydrogen-bond donors (Lipinski definition) is 1. The van der Waals surface area contributed by atoms with Crippen molar-refractivity contribution in [1.82, 2.24) is 4.98 Å². The van der Waals surface area contributed by atoms with Gasteiger partial charge in [-0.3, -0.25) is 4.79 Å². The van der Waals surface area contributed by atoms with Crippen molar-refractivity contribution in [3.8, 4) is 0 Å². The van der Waals surface area contributed by atoms with Gasteiger partial charge in [-0.05, 0) is 18.9 Å². The molecule has 17 heavy (non-hydrogen) atoms. The van der Waals surface area contributed by atoms with Crippen LogP contribution in [0.3, 0.4) is 0 Å². The summed E-state index contributed by atoms with van der Waals surface area (Å²) in [5.41, 5.74) is 5.97. The lowest BCUT2D eigenvalue weighted by atomic mass is 10.1. The number of fused-ring (bicyclic) bond motifs is 1. The third kappa shape index (κ3) is 2.08. The second-order valence-electron chi connectivity index (χ2n) is 4.28. The molecule has 1 saturated heterocycles. The molecule has 0 saturated carbocycles. The molecule has 1 aliphatic rings. The lowest BCUT2D eigenvalue weighted by Gasteiger charge is -2.30. The van der Waals surface area contributed by atoms with Crippen LogP contribution in [0.4, 0.5) is 5.13 Å². The molecule has 3 heterocycles. The standard InChI is InChI=1S/C11H13N3OS2/c12-7-2-1-3-14(5-7)11-13-10-9(17-11)4-8(6-15)16-10/h4,6-7H,1-3,5,12H2. The van der Waals surface area contributed by atoms with E-state index in [0.717, 1.165) is 51.8 Å². The Morgan fingerprint density at radius 1 is 1.53 bits per heavy atom. The summed E-state index contributed by atoms with van der Waals surface area (Å²) in [6.07, 6.45) is 3.12. The molecule has 0 aliphatic carbocycles. The van der Waals surface area contributed by atoms with Gasteiger partial charge in [-0.2, -0.15) is 0 Å². The van der Waals surface area contributed by atoms with Crippen molar-refractivity contribution in [1.29, 1.82) is 0 Å². The maximum absolute atomic E-state index is 10.7. The van der Waals surface area contributed by atoms with Crippen LogP contribution in [0.1, 0.15) is 22.5 Å². The van der Waals surface area contributed by atoms with Crippen molar-refractivity contribution in [3.63, 3.8) is 0 Å². The number of hydrogen-bond acceptors (Lipinski definition) is 6. The Morgan fingerprint density at radius 3 is 3.12 bits per heavy atom. The fourth-order valence-electron chi connectivity index (χ4n) is 2.12. The van der Waals surface area contributed by atoms with Crippen molar-refractivity contribution >= 4 is 43.6 Å². The smallest absolute Gasteiger partial charge is 0.187 e. The van der Waals surface area contributed by atoms with Gasteiger partial charge in [0, 0.05) is 19.1 Å². The van der Waals surface area contributed by atoms with Gasteiger partial charge in [-0.25, -0.2) is 4.98 Å². The molecule has 4 nitrogen and oxygen atoms in total. The van der Waals surface area contributed by atoms with Crippen molar-refractivity contribution < 1.29 is 4.79 Å². The highest BCUT2D eigenvalue weighted by molar-refractivity contribution is 7.29. The van der Waals surface area contributed by atoms with E-state index in [1.807, 2.05) is 6.07 Å². The number of nitrogens with two attached hydrogens (primary N) is 1. The fraction of sp³-hybridized carbons (Fsp3) is 0.455. The molecule has 1 unspecified atom stereocenters. The molecule has 90 valence electrons. The molecule has 6 heteroatoms. The summed E-state index contributed by atoms with van der Waals surface area (Å²) >= 11 is 3.11. The maximum Gasteiger partial charge on any atom is 0.187 e. The molecular weight excluding hydrogens is 254 g/mol. The molecule has 0 aromatic carbocycles. The van der Waals surface area contributed by atoms with E-state index in [1.54, 1.807) is 11.3 Å². The monoisotopic (exact) mass is 267 g/mol. The minimum atomic E-state index is 0.260. The van der Waals surface area contributed by atoms with Crippen LogP contribution in [0.25, 0.3) is 9.53 Å². The van der Waals surface area contributed by atoms with Crippen LogP contribution in [0.5, 0.6) is 0 Å². The van der Waals surface area contributed by atoms with Crippen LogP contribution < -0.4 is 10.6 Å². The Balaban J connectivity index is 1.89. The topological polar surface area (TPSA) is 59.2 Å². The van der Waals surface area contributed by atoms with Crippen LogP contribution in [0.15, 0.2) is 6.07 Å². The molecular formula is C11H13N3OS2. The molecule has 2 aromatic heterocycles. The predicted octanol–water partition coefficient (Wildman–Crippen LogP) is 2.10. The number of anilines is 1. The normalized spacial score (nSPS) is 21.0. The molecule has 1 aliphatic heterocycles. The van der Waals surface area contributed by atoms with Gasteiger partial charge in [0.2, 0.25) is 0 Å². The summed E-state index contributed by atoms with van der Waals surface area (Å²) in [4.78, 5) is 19.2. The summed E-state index contributed by atoms with van der Waals surface area (Å²) in [5.74, 6) is 0. The number of rotatable bonds is 2. The van der Waals surface area contributed by atoms with E-state index in [9.17, 15) is 4.79 Å². The third-order valence-electron chi connectivity index (χ3n) is 2.94. The Morgan fingerprint density at radius 2 is 2.41 bits per heavy atom. The second kappa shape index (κ2) is 4.36. The first-order chi connectivity index (χ1) is 8.26. The predicted molar refractivity (Wildman–Crippen MR) is 72.3 cm³/mol. The van der Waals surface area contributed by atoms with Gasteiger partial charge < -0.3 is 10.6 Å². The molecule has 0 radical (unpaired) electrons. The molecule has 0 amide bonds. The number of aldehydes is 1. The van der Waals surface area contributed by atoms with Gasteiger partial charge in [0.15, 0.2) is 11.4 Å². The van der Waals surface area contributed by atoms with Gasteiger partial charge in [0.1, 0.15) is 4.83 Å². The quantitative estimate of drug-likeness (QED) is 0.847. The number of piperidine rings is 1. The zero-order chi connectivity index (χ0) is 11.8. The minimum absolute atomic E-state index is 0.260. The van der Waals surface area contributed by atoms with E-state index in [1.165, 1.54) is 11.3 Å². The van der Waals surface area contributed by atoms with Gasteiger partial charge >= 0.3 is 0 Å². The van der Waals surface area contributed by atoms with E-state index in [2.05, 4.69) is 9.88 Å². The van der Waals surface area contributed by atoms with E-state index in [0.29, 0.717) is 0 Å². The number of carbonyl (C=O) groups excluding carboxylic acids is 1. The number of carbonyl (C=O) groups is 1. The minimum Gasteiger partial charge on any atom is -0.346 e. The van der Waals surface area contributed by atoms with Crippen molar-refractivity contribution in [2.24, 2.45) is 5.73 Å². The number of thiophene rings is 1. The van der Waals surface area contributed by atoms with E-state index in [4.69, 9.17) is 5.73 Å². The largest absolute Gasteiger partial charge is 0.346 e. The highest BCUT2D eigenvalue weighted by Gasteiger charge is 2.20. The first-order valence-electron chi connectivity index (χ1n) is 5.62. The van der Waals surface area contributed by atoms with Crippen LogP contribution >= 0.6 is 22.7 Å². The highest BCUT2D eigenvalue weighted by Crippen LogP contribution is 2.34. The van der Waals surface area contributed by atoms with Gasteiger partial charge in [0.25, 0.3) is 0 Å². The van der Waals surface area contributed by atoms with Crippen molar-refractivity contribution in [3.05, 3.63) is 10.9 Å². The molecule has 0 bridgehead atoms. The highest BCUT2D eigenvalue weighted by atomic mass is 32.1. The lowest BCUT2D eigenvalue weighted by Crippen LogP contribution is -2.42. The Hall–Kier alpha value is -0.980. The van der Waals surface area contributed by atoms with Crippen molar-refractivity contribution in [2.45, 2.75) is 18.9 Å². The van der Waals surface area contributed by atoms with Crippen molar-refractivity contribution in [2.75, 3.05) is 18.0 Å². The summed E-state index contributed by atoms with van der Waals surface area (Å²) in [6, 6.07) is 2.18. The number of aromatic nitrogens is 1. The van der Waals surface area contributed by atoms with E-state index < -0.39 is 0 Å². The fourth-order valence-corrected chi connectivity index (χ4v) is 4.19. The first kappa shape index (κ1) is 11.1. The Bertz CT molecular complexity index is 516. The van der Waals surface area contributed by atoms with Gasteiger partial charge in [0.05, 0.1) is 9.58 Å². The van der Waals surface area contributed by atoms with E-state index >= 15 is 0 Å². The SMILES string of the molecule is NC1CCCN(c2nc3sc(C=O)cc3s2)C1. The van der Waals surface area contributed by atoms with Gasteiger partial charge in [-0.15, -0.1) is 11.3 Å². The molecule has 0 spiro atoms. The molecule has 2 aromatic rings. The lowest BCUT2D eigenvalue weighted by molar-refractivity contribution is 0.112. The van der Waals surface area contributed by atoms with Crippen LogP contribution in [0.2, 0.25) is 0 Å². The van der Waals surface area contributed by atoms with E-state index in [-0.39, 0.29) is 6.04 Å². The molecule has 2 N–H and O–H groups in total. The zero-order valence-electron chi connectivity index (χ0n) is 9.26. The maximum atomic E-state index is 10.7. The zero-order valence-corrected chi connectivity index (χ0v) is 10.9. The molecule has 1 atom stereocenters. The summed E-state index contributed by atoms with van der Waals surface area (Å²) in [7, 11) is 0. The van der Waals surface area contributed by atoms with Crippen LogP contribution in [-0.4, -0.2) is 30.4 Å². The Labute approximate surface area is 107 Å². The van der Waals surface area contributed by atoms with Crippen LogP contribution in [-0.2, 0) is 0 Å². The molecule has 1 fully saturated rings. The number of nitrogens with zero attached hydrogens (tertiary/aromatic N) is 2. The number of thiazole rings is 1. The second-order valence-corrected chi connectivity index (χ2v) is 6.35. The average Bonchev–Trinajstić information content (AvgIpc) is 2.86. The summed E-state index contributed by atoms with van der Waals surface area (Å²) in [6.45, 7) is 1.93. The summed E-state index contributed by atoms with van der Waals surface area (Å²) in [5, 5.41) is 1.04. The summed E-state index contributed by atoms with van der Waals surface area (Å²) < 4.78 is 1.10. The van der Waals surface area contributed by atoms with Crippen LogP contribution in [0, 0.1) is 0 Å². The van der Waals surface area contributed by atoms with Gasteiger partial charge in [-0.1, -0.05) is 11.3 Å². The average molecular weight is 267 g/mol. The first-order valence-corrected chi connectivity index (χ1v) is 7.25. The third-order valence-corrected chi connectivity index (χ3v) is 5.09. The molecule has 3 rings (SSSR count).